The van der Waals surface area contributed by atoms with E-state index in [4.69, 9.17) is 0 Å². The van der Waals surface area contributed by atoms with Gasteiger partial charge in [0.1, 0.15) is 5.78 Å². The van der Waals surface area contributed by atoms with Crippen LogP contribution in [0.25, 0.3) is 0 Å². The Bertz CT molecular complexity index is 450. The Balaban J connectivity index is 1.78. The molecule has 1 fully saturated rings. The first-order valence-corrected chi connectivity index (χ1v) is 6.79. The Hall–Kier alpha value is -1.61. The number of rotatable bonds is 5. The maximum Gasteiger partial charge on any atom is 0.136 e. The van der Waals surface area contributed by atoms with Crippen LogP contribution in [0.15, 0.2) is 42.2 Å². The molecule has 0 saturated heterocycles. The smallest absolute Gasteiger partial charge is 0.136 e. The molecule has 2 N–H and O–H groups in total. The minimum Gasteiger partial charge on any atom is -0.512 e. The highest BCUT2D eigenvalue weighted by Crippen LogP contribution is 2.28. The monoisotopic (exact) mass is 260 g/mol. The van der Waals surface area contributed by atoms with Crippen molar-refractivity contribution in [1.82, 2.24) is 0 Å². The lowest BCUT2D eigenvalue weighted by molar-refractivity contribution is -0.117. The summed E-state index contributed by atoms with van der Waals surface area (Å²) < 4.78 is 0. The molecular weight excluding hydrogens is 240 g/mol. The van der Waals surface area contributed by atoms with E-state index in [2.05, 4.69) is 12.1 Å². The fourth-order valence-electron chi connectivity index (χ4n) is 2.49. The van der Waals surface area contributed by atoms with Crippen molar-refractivity contribution in [3.63, 3.8) is 0 Å². The third kappa shape index (κ3) is 3.93. The van der Waals surface area contributed by atoms with E-state index >= 15 is 0 Å². The first kappa shape index (κ1) is 13.8. The molecule has 2 rings (SSSR count). The Morgan fingerprint density at radius 1 is 1.26 bits per heavy atom. The van der Waals surface area contributed by atoms with Crippen LogP contribution in [0.4, 0.5) is 0 Å². The zero-order valence-electron chi connectivity index (χ0n) is 11.0. The summed E-state index contributed by atoms with van der Waals surface area (Å²) in [6.07, 6.45) is 4.15. The second kappa shape index (κ2) is 6.53. The number of ketones is 1. The predicted molar refractivity (Wildman–Crippen MR) is 73.8 cm³/mol. The number of Topliss-reactive ketones (excluding diaryl/α,β-unsaturated/α-hetero) is 1. The largest absolute Gasteiger partial charge is 0.512 e. The van der Waals surface area contributed by atoms with E-state index in [1.165, 1.54) is 5.56 Å². The molecule has 0 spiro atoms. The van der Waals surface area contributed by atoms with Gasteiger partial charge in [-0.25, -0.2) is 0 Å². The van der Waals surface area contributed by atoms with Crippen LogP contribution in [0.1, 0.15) is 31.2 Å². The second-order valence-corrected chi connectivity index (χ2v) is 5.13. The normalized spacial score (nSPS) is 23.8. The van der Waals surface area contributed by atoms with E-state index in [1.54, 1.807) is 6.08 Å². The molecule has 0 aliphatic heterocycles. The molecule has 0 unspecified atom stereocenters. The first-order chi connectivity index (χ1) is 9.16. The van der Waals surface area contributed by atoms with Gasteiger partial charge in [0.25, 0.3) is 0 Å². The molecule has 102 valence electrons. The van der Waals surface area contributed by atoms with Crippen molar-refractivity contribution >= 4 is 5.78 Å². The van der Waals surface area contributed by atoms with Crippen molar-refractivity contribution in [2.75, 3.05) is 0 Å². The van der Waals surface area contributed by atoms with E-state index in [9.17, 15) is 15.0 Å². The van der Waals surface area contributed by atoms with Gasteiger partial charge in [-0.2, -0.15) is 0 Å². The van der Waals surface area contributed by atoms with Crippen LogP contribution in [0, 0.1) is 5.92 Å². The summed E-state index contributed by atoms with van der Waals surface area (Å²) in [5, 5.41) is 19.5. The molecule has 1 aliphatic carbocycles. The number of allylic oxidation sites excluding steroid dienone is 1. The van der Waals surface area contributed by atoms with Gasteiger partial charge in [0, 0.05) is 18.8 Å². The van der Waals surface area contributed by atoms with E-state index in [-0.39, 0.29) is 30.3 Å². The molecular formula is C16H20O3. The van der Waals surface area contributed by atoms with Crippen LogP contribution >= 0.6 is 0 Å². The predicted octanol–water partition coefficient (Wildman–Crippen LogP) is 2.79. The van der Waals surface area contributed by atoms with Crippen molar-refractivity contribution in [3.8, 4) is 0 Å². The number of hydrogen-bond acceptors (Lipinski definition) is 3. The first-order valence-electron chi connectivity index (χ1n) is 6.79. The van der Waals surface area contributed by atoms with Gasteiger partial charge in [-0.3, -0.25) is 4.79 Å². The number of hydrogen-bond donors (Lipinski definition) is 2. The molecule has 1 aliphatic rings. The molecule has 1 aromatic rings. The summed E-state index contributed by atoms with van der Waals surface area (Å²) in [5.74, 6) is -0.183. The van der Waals surface area contributed by atoms with Crippen molar-refractivity contribution in [2.24, 2.45) is 5.92 Å². The van der Waals surface area contributed by atoms with Gasteiger partial charge in [0.15, 0.2) is 0 Å². The van der Waals surface area contributed by atoms with Crippen molar-refractivity contribution in [2.45, 2.75) is 38.2 Å². The van der Waals surface area contributed by atoms with Crippen molar-refractivity contribution in [3.05, 3.63) is 47.7 Å². The molecule has 0 amide bonds. The third-order valence-electron chi connectivity index (χ3n) is 3.59. The van der Waals surface area contributed by atoms with Gasteiger partial charge >= 0.3 is 0 Å². The fourth-order valence-corrected chi connectivity index (χ4v) is 2.49. The van der Waals surface area contributed by atoms with E-state index < -0.39 is 6.10 Å². The molecule has 1 saturated carbocycles. The quantitative estimate of drug-likeness (QED) is 0.632. The lowest BCUT2D eigenvalue weighted by atomic mass is 10.0. The van der Waals surface area contributed by atoms with Crippen LogP contribution in [0.2, 0.25) is 0 Å². The minimum absolute atomic E-state index is 0.0294. The van der Waals surface area contributed by atoms with E-state index in [1.807, 2.05) is 18.2 Å². The van der Waals surface area contributed by atoms with E-state index in [0.717, 1.165) is 19.3 Å². The van der Waals surface area contributed by atoms with Crippen LogP contribution in [0.5, 0.6) is 0 Å². The SMILES string of the molecule is O=C1C[C@@H](O)[C@H](C(O)=CCCCc2ccccc2)C1. The average molecular weight is 260 g/mol. The summed E-state index contributed by atoms with van der Waals surface area (Å²) in [6.45, 7) is 0. The Kier molecular flexibility index (Phi) is 4.74. The minimum atomic E-state index is -0.710. The number of carbonyl (C=O) groups excluding carboxylic acids is 1. The molecule has 0 radical (unpaired) electrons. The molecule has 19 heavy (non-hydrogen) atoms. The lowest BCUT2D eigenvalue weighted by Gasteiger charge is -2.12. The van der Waals surface area contributed by atoms with Crippen molar-refractivity contribution in [1.29, 1.82) is 0 Å². The van der Waals surface area contributed by atoms with Gasteiger partial charge in [0.2, 0.25) is 0 Å². The summed E-state index contributed by atoms with van der Waals surface area (Å²) in [6, 6.07) is 10.2. The zero-order chi connectivity index (χ0) is 13.7. The highest BCUT2D eigenvalue weighted by molar-refractivity contribution is 5.82. The van der Waals surface area contributed by atoms with Gasteiger partial charge in [0.05, 0.1) is 11.9 Å². The number of aryl methyl sites for hydroxylation is 1. The average Bonchev–Trinajstić information content (AvgIpc) is 2.75. The van der Waals surface area contributed by atoms with Crippen LogP contribution in [0.3, 0.4) is 0 Å². The molecule has 2 atom stereocenters. The highest BCUT2D eigenvalue weighted by atomic mass is 16.3. The third-order valence-corrected chi connectivity index (χ3v) is 3.59. The lowest BCUT2D eigenvalue weighted by Crippen LogP contribution is -2.15. The maximum absolute atomic E-state index is 11.2. The van der Waals surface area contributed by atoms with Gasteiger partial charge < -0.3 is 10.2 Å². The van der Waals surface area contributed by atoms with Crippen LogP contribution in [-0.2, 0) is 11.2 Å². The topological polar surface area (TPSA) is 57.5 Å². The fraction of sp³-hybridized carbons (Fsp3) is 0.438. The van der Waals surface area contributed by atoms with E-state index in [0.29, 0.717) is 0 Å². The number of aliphatic hydroxyl groups excluding tert-OH is 2. The van der Waals surface area contributed by atoms with Gasteiger partial charge in [-0.05, 0) is 30.9 Å². The summed E-state index contributed by atoms with van der Waals surface area (Å²) in [5.41, 5.74) is 1.28. The molecule has 0 aromatic heterocycles. The maximum atomic E-state index is 11.2. The number of carbonyl (C=O) groups is 1. The highest BCUT2D eigenvalue weighted by Gasteiger charge is 2.33. The molecule has 0 bridgehead atoms. The number of unbranched alkanes of at least 4 members (excludes halogenated alkanes) is 1. The molecule has 3 heteroatoms. The zero-order valence-corrected chi connectivity index (χ0v) is 11.0. The second-order valence-electron chi connectivity index (χ2n) is 5.13. The number of aliphatic hydroxyl groups is 2. The Morgan fingerprint density at radius 2 is 2.00 bits per heavy atom. The van der Waals surface area contributed by atoms with Gasteiger partial charge in [-0.15, -0.1) is 0 Å². The van der Waals surface area contributed by atoms with Crippen LogP contribution in [-0.4, -0.2) is 22.1 Å². The standard InChI is InChI=1S/C16H20O3/c17-13-10-14(16(19)11-13)15(18)9-5-4-8-12-6-2-1-3-7-12/h1-3,6-7,9,14,16,18-19H,4-5,8,10-11H2/t14-,16+/m0/s1. The molecule has 0 heterocycles. The molecule has 1 aromatic carbocycles. The summed E-state index contributed by atoms with van der Waals surface area (Å²) in [4.78, 5) is 11.2. The Labute approximate surface area is 113 Å². The molecule has 3 nitrogen and oxygen atoms in total. The van der Waals surface area contributed by atoms with Crippen LogP contribution < -0.4 is 0 Å². The van der Waals surface area contributed by atoms with Crippen molar-refractivity contribution < 1.29 is 15.0 Å². The number of benzene rings is 1. The summed E-state index contributed by atoms with van der Waals surface area (Å²) in [7, 11) is 0. The Morgan fingerprint density at radius 3 is 2.63 bits per heavy atom. The van der Waals surface area contributed by atoms with Gasteiger partial charge in [-0.1, -0.05) is 30.3 Å². The summed E-state index contributed by atoms with van der Waals surface area (Å²) >= 11 is 0.